The highest BCUT2D eigenvalue weighted by molar-refractivity contribution is 7.52. The molecular weight excluding hydrogens is 561 g/mol. The van der Waals surface area contributed by atoms with Crippen molar-refractivity contribution in [1.29, 1.82) is 0 Å². The molecule has 0 aromatic carbocycles. The first-order chi connectivity index (χ1) is 18.9. The molecule has 19 nitrogen and oxygen atoms in total. The summed E-state index contributed by atoms with van der Waals surface area (Å²) in [5, 5.41) is 41.1. The summed E-state index contributed by atoms with van der Waals surface area (Å²) >= 11 is 0. The van der Waals surface area contributed by atoms with Crippen LogP contribution in [0.4, 0.5) is 5.95 Å². The summed E-state index contributed by atoms with van der Waals surface area (Å²) in [6, 6.07) is 1.02. The molecule has 2 aliphatic rings. The van der Waals surface area contributed by atoms with E-state index in [2.05, 4.69) is 15.0 Å². The molecule has 5 rings (SSSR count). The smallest absolute Gasteiger partial charge is 0.330 e. The SMILES string of the molecule is Nc1nc2c(ncn2[C@@H]2O[C@H](CO)[C@@H](O)[C@H]2OP(=O)(O)CC[C@H]2O[C@@H](n3ccc(=O)[nH]c3=O)[C@H](O)[C@@H]2O)c(=O)[nH]1. The second-order valence-corrected chi connectivity index (χ2v) is 11.2. The zero-order valence-corrected chi connectivity index (χ0v) is 21.3. The van der Waals surface area contributed by atoms with Crippen LogP contribution >= 0.6 is 7.60 Å². The standard InChI is InChI=1S/C20H26N7O12P/c21-19-24-15-10(16(33)25-19)22-6-27(15)18-14(12(31)8(5-28)38-18)39-40(35,36)4-2-7-11(30)13(32)17(37-7)26-3-1-9(29)23-20(26)34/h1,3,6-8,11-14,17-18,28,30-32H,2,4-5H2,(H,35,36)(H,23,29,34)(H3,21,24,25,33)/t7-,8-,11-,12-,13-,14-,17-,18-/m1/s1. The molecular formula is C20H26N7O12P. The molecule has 1 unspecified atom stereocenters. The molecule has 9 atom stereocenters. The third kappa shape index (κ3) is 5.14. The van der Waals surface area contributed by atoms with Crippen LogP contribution in [0.15, 0.2) is 33.0 Å². The van der Waals surface area contributed by atoms with Gasteiger partial charge in [-0.15, -0.1) is 0 Å². The molecule has 9 N–H and O–H groups in total. The molecule has 3 aromatic rings. The first-order valence-electron chi connectivity index (χ1n) is 11.9. The van der Waals surface area contributed by atoms with Crippen LogP contribution in [0.25, 0.3) is 11.2 Å². The van der Waals surface area contributed by atoms with E-state index in [0.717, 1.165) is 27.7 Å². The molecule has 3 aromatic heterocycles. The van der Waals surface area contributed by atoms with E-state index >= 15 is 0 Å². The summed E-state index contributed by atoms with van der Waals surface area (Å²) in [4.78, 5) is 58.4. The van der Waals surface area contributed by atoms with Gasteiger partial charge in [0, 0.05) is 12.3 Å². The molecule has 40 heavy (non-hydrogen) atoms. The number of nitrogen functional groups attached to an aromatic ring is 1. The minimum absolute atomic E-state index is 0.0709. The number of nitrogens with zero attached hydrogens (tertiary/aromatic N) is 4. The summed E-state index contributed by atoms with van der Waals surface area (Å²) in [7, 11) is -4.60. The Balaban J connectivity index is 1.33. The topological polar surface area (TPSA) is 290 Å². The minimum Gasteiger partial charge on any atom is -0.394 e. The summed E-state index contributed by atoms with van der Waals surface area (Å²) in [5.74, 6) is -0.249. The average Bonchev–Trinajstić information content (AvgIpc) is 3.53. The van der Waals surface area contributed by atoms with E-state index in [1.807, 2.05) is 4.98 Å². The normalized spacial score (nSPS) is 32.0. The fraction of sp³-hybridized carbons (Fsp3) is 0.550. The van der Waals surface area contributed by atoms with E-state index in [1.165, 1.54) is 0 Å². The molecule has 2 fully saturated rings. The van der Waals surface area contributed by atoms with Gasteiger partial charge in [0.1, 0.15) is 30.5 Å². The van der Waals surface area contributed by atoms with Crippen LogP contribution in [0.2, 0.25) is 0 Å². The maximum Gasteiger partial charge on any atom is 0.330 e. The molecule has 20 heteroatoms. The number of anilines is 1. The number of H-pyrrole nitrogens is 2. The number of nitrogens with two attached hydrogens (primary N) is 1. The number of rotatable bonds is 8. The van der Waals surface area contributed by atoms with Gasteiger partial charge in [-0.3, -0.25) is 37.8 Å². The summed E-state index contributed by atoms with van der Waals surface area (Å²) in [6.45, 7) is -0.679. The van der Waals surface area contributed by atoms with Crippen LogP contribution in [0, 0.1) is 0 Å². The summed E-state index contributed by atoms with van der Waals surface area (Å²) in [5.41, 5.74) is 3.17. The molecule has 2 aliphatic heterocycles. The average molecular weight is 587 g/mol. The highest BCUT2D eigenvalue weighted by Crippen LogP contribution is 2.49. The summed E-state index contributed by atoms with van der Waals surface area (Å²) in [6.07, 6.45) is -10.3. The van der Waals surface area contributed by atoms with Crippen LogP contribution in [0.3, 0.4) is 0 Å². The predicted molar refractivity (Wildman–Crippen MR) is 131 cm³/mol. The molecule has 0 aliphatic carbocycles. The number of nitrogens with one attached hydrogen (secondary N) is 2. The highest BCUT2D eigenvalue weighted by Gasteiger charge is 2.50. The van der Waals surface area contributed by atoms with Gasteiger partial charge >= 0.3 is 13.3 Å². The molecule has 0 bridgehead atoms. The maximum atomic E-state index is 13.1. The number of aromatic nitrogens is 6. The van der Waals surface area contributed by atoms with Crippen LogP contribution < -0.4 is 22.5 Å². The van der Waals surface area contributed by atoms with Crippen molar-refractivity contribution in [3.05, 3.63) is 49.8 Å². The summed E-state index contributed by atoms with van der Waals surface area (Å²) < 4.78 is 31.7. The second kappa shape index (κ2) is 10.6. The minimum atomic E-state index is -4.60. The fourth-order valence-electron chi connectivity index (χ4n) is 4.69. The maximum absolute atomic E-state index is 13.1. The van der Waals surface area contributed by atoms with Crippen molar-refractivity contribution in [2.75, 3.05) is 18.5 Å². The van der Waals surface area contributed by atoms with Crippen molar-refractivity contribution in [2.45, 2.75) is 55.5 Å². The number of imidazole rings is 1. The monoisotopic (exact) mass is 587 g/mol. The molecule has 0 spiro atoms. The number of aromatic amines is 2. The number of aliphatic hydroxyl groups excluding tert-OH is 4. The van der Waals surface area contributed by atoms with Crippen LogP contribution in [-0.2, 0) is 18.6 Å². The molecule has 0 amide bonds. The van der Waals surface area contributed by atoms with Crippen molar-refractivity contribution in [2.24, 2.45) is 0 Å². The van der Waals surface area contributed by atoms with Gasteiger partial charge in [0.25, 0.3) is 11.1 Å². The second-order valence-electron chi connectivity index (χ2n) is 9.30. The Morgan fingerprint density at radius 1 is 1.05 bits per heavy atom. The lowest BCUT2D eigenvalue weighted by Crippen LogP contribution is -2.37. The fourth-order valence-corrected chi connectivity index (χ4v) is 5.99. The van der Waals surface area contributed by atoms with Crippen molar-refractivity contribution < 1.29 is 43.9 Å². The Bertz CT molecular complexity index is 1620. The lowest BCUT2D eigenvalue weighted by molar-refractivity contribution is -0.0496. The zero-order chi connectivity index (χ0) is 28.9. The number of ether oxygens (including phenoxy) is 2. The van der Waals surface area contributed by atoms with E-state index in [0.29, 0.717) is 0 Å². The lowest BCUT2D eigenvalue weighted by Gasteiger charge is -2.25. The van der Waals surface area contributed by atoms with Crippen LogP contribution in [-0.4, -0.2) is 104 Å². The Kier molecular flexibility index (Phi) is 7.50. The van der Waals surface area contributed by atoms with E-state index in [1.54, 1.807) is 0 Å². The van der Waals surface area contributed by atoms with Gasteiger partial charge < -0.3 is 40.5 Å². The Morgan fingerprint density at radius 2 is 1.77 bits per heavy atom. The van der Waals surface area contributed by atoms with Gasteiger partial charge in [-0.05, 0) is 6.42 Å². The van der Waals surface area contributed by atoms with E-state index < -0.39 is 86.3 Å². The third-order valence-corrected chi connectivity index (χ3v) is 8.06. The Labute approximate surface area is 221 Å². The van der Waals surface area contributed by atoms with Crippen LogP contribution in [0.5, 0.6) is 0 Å². The van der Waals surface area contributed by atoms with E-state index in [-0.39, 0.29) is 23.5 Å². The van der Waals surface area contributed by atoms with Gasteiger partial charge in [0.05, 0.1) is 25.2 Å². The molecule has 2 saturated heterocycles. The lowest BCUT2D eigenvalue weighted by atomic mass is 10.1. The van der Waals surface area contributed by atoms with Gasteiger partial charge in [0.15, 0.2) is 23.6 Å². The first-order valence-corrected chi connectivity index (χ1v) is 13.7. The van der Waals surface area contributed by atoms with Gasteiger partial charge in [-0.25, -0.2) is 9.78 Å². The van der Waals surface area contributed by atoms with Crippen molar-refractivity contribution in [3.8, 4) is 0 Å². The van der Waals surface area contributed by atoms with Crippen molar-refractivity contribution >= 4 is 24.7 Å². The molecule has 218 valence electrons. The zero-order valence-electron chi connectivity index (χ0n) is 20.4. The van der Waals surface area contributed by atoms with E-state index in [4.69, 9.17) is 19.7 Å². The van der Waals surface area contributed by atoms with Crippen LogP contribution in [0.1, 0.15) is 18.9 Å². The molecule has 5 heterocycles. The van der Waals surface area contributed by atoms with Crippen molar-refractivity contribution in [3.63, 3.8) is 0 Å². The largest absolute Gasteiger partial charge is 0.394 e. The highest BCUT2D eigenvalue weighted by atomic mass is 31.2. The quantitative estimate of drug-likeness (QED) is 0.117. The molecule has 0 radical (unpaired) electrons. The number of hydrogen-bond donors (Lipinski definition) is 8. The van der Waals surface area contributed by atoms with Gasteiger partial charge in [-0.1, -0.05) is 0 Å². The third-order valence-electron chi connectivity index (χ3n) is 6.66. The van der Waals surface area contributed by atoms with Crippen molar-refractivity contribution in [1.82, 2.24) is 29.1 Å². The Morgan fingerprint density at radius 3 is 2.48 bits per heavy atom. The molecule has 0 saturated carbocycles. The number of hydrogen-bond acceptors (Lipinski definition) is 14. The Hall–Kier alpha value is -3.26. The predicted octanol–water partition coefficient (Wildman–Crippen LogP) is -3.92. The van der Waals surface area contributed by atoms with E-state index in [9.17, 15) is 44.3 Å². The van der Waals surface area contributed by atoms with Gasteiger partial charge in [0.2, 0.25) is 5.95 Å². The number of fused-ring (bicyclic) bond motifs is 1. The van der Waals surface area contributed by atoms with Gasteiger partial charge in [-0.2, -0.15) is 4.98 Å². The number of aliphatic hydroxyl groups is 4. The first kappa shape index (κ1) is 28.3.